The number of aliphatic hydroxyl groups is 1. The molecule has 1 saturated carbocycles. The molecule has 7 nitrogen and oxygen atoms in total. The lowest BCUT2D eigenvalue weighted by Crippen LogP contribution is -2.71. The van der Waals surface area contributed by atoms with E-state index in [-0.39, 0.29) is 29.1 Å². The molecule has 1 aromatic heterocycles. The number of hydrogen-bond donors (Lipinski definition) is 1. The topological polar surface area (TPSA) is 98.5 Å². The van der Waals surface area contributed by atoms with Gasteiger partial charge in [-0.25, -0.2) is 0 Å². The van der Waals surface area contributed by atoms with Gasteiger partial charge in [0.25, 0.3) is 5.95 Å². The Labute approximate surface area is 260 Å². The van der Waals surface area contributed by atoms with Crippen molar-refractivity contribution >= 4 is 12.1 Å². The first-order chi connectivity index (χ1) is 21.1. The number of ketones is 1. The highest BCUT2D eigenvalue weighted by molar-refractivity contribution is 6.08. The lowest BCUT2D eigenvalue weighted by molar-refractivity contribution is -0.248. The Bertz CT molecular complexity index is 1460. The molecule has 3 fully saturated rings. The molecule has 3 aromatic rings. The number of rotatable bonds is 5. The molecule has 1 N–H and O–H groups in total. The van der Waals surface area contributed by atoms with Gasteiger partial charge in [0, 0.05) is 33.6 Å². The SMILES string of the molecule is CC.COc1oc(C(=O)c2ccccc2)c2c1CCC1(C)C2COC2(C)C(O)C(C(C)C)CC3OC312.O=Cc1ccccc1. The molecule has 7 atom stereocenters. The summed E-state index contributed by atoms with van der Waals surface area (Å²) in [5.41, 5.74) is 1.50. The molecule has 0 bridgehead atoms. The quantitative estimate of drug-likeness (QED) is 0.190. The second kappa shape index (κ2) is 12.3. The van der Waals surface area contributed by atoms with Crippen LogP contribution in [0.1, 0.15) is 97.9 Å². The van der Waals surface area contributed by atoms with Crippen molar-refractivity contribution in [3.63, 3.8) is 0 Å². The number of carbonyl (C=O) groups excluding carboxylic acids is 2. The minimum atomic E-state index is -0.787. The average Bonchev–Trinajstić information content (AvgIpc) is 3.70. The number of furan rings is 1. The fraction of sp³-hybridized carbons (Fsp3) is 0.514. The van der Waals surface area contributed by atoms with E-state index in [9.17, 15) is 14.7 Å². The van der Waals surface area contributed by atoms with Crippen molar-refractivity contribution in [2.75, 3.05) is 13.7 Å². The molecule has 0 radical (unpaired) electrons. The smallest absolute Gasteiger partial charge is 0.288 e. The van der Waals surface area contributed by atoms with Gasteiger partial charge in [0.1, 0.15) is 17.5 Å². The molecular formula is C37H46O7. The summed E-state index contributed by atoms with van der Waals surface area (Å²) in [7, 11) is 1.58. The summed E-state index contributed by atoms with van der Waals surface area (Å²) in [6.07, 6.45) is 2.69. The highest BCUT2D eigenvalue weighted by atomic mass is 16.7. The van der Waals surface area contributed by atoms with Crippen molar-refractivity contribution < 1.29 is 33.3 Å². The van der Waals surface area contributed by atoms with Crippen LogP contribution in [0.5, 0.6) is 5.95 Å². The van der Waals surface area contributed by atoms with Crippen LogP contribution in [-0.4, -0.2) is 54.3 Å². The summed E-state index contributed by atoms with van der Waals surface area (Å²) in [5, 5.41) is 11.5. The number of methoxy groups -OCH3 is 1. The Hall–Kier alpha value is -3.26. The Morgan fingerprint density at radius 2 is 1.68 bits per heavy atom. The molecule has 2 saturated heterocycles. The predicted octanol–water partition coefficient (Wildman–Crippen LogP) is 7.04. The highest BCUT2D eigenvalue weighted by Gasteiger charge is 2.83. The number of benzene rings is 2. The maximum atomic E-state index is 13.6. The van der Waals surface area contributed by atoms with E-state index in [1.807, 2.05) is 69.3 Å². The summed E-state index contributed by atoms with van der Waals surface area (Å²) < 4.78 is 24.9. The minimum absolute atomic E-state index is 0.0460. The minimum Gasteiger partial charge on any atom is -0.468 e. The fourth-order valence-corrected chi connectivity index (χ4v) is 8.24. The number of epoxide rings is 1. The number of aldehydes is 1. The molecule has 4 aliphatic rings. The first-order valence-corrected chi connectivity index (χ1v) is 15.9. The Morgan fingerprint density at radius 3 is 2.25 bits per heavy atom. The van der Waals surface area contributed by atoms with Gasteiger partial charge in [0.05, 0.1) is 25.9 Å². The largest absolute Gasteiger partial charge is 0.468 e. The molecule has 7 rings (SSSR count). The van der Waals surface area contributed by atoms with E-state index < -0.39 is 17.3 Å². The van der Waals surface area contributed by atoms with Gasteiger partial charge >= 0.3 is 0 Å². The summed E-state index contributed by atoms with van der Waals surface area (Å²) in [5.74, 6) is 0.994. The molecule has 7 unspecified atom stereocenters. The Balaban J connectivity index is 0.000000332. The van der Waals surface area contributed by atoms with Crippen molar-refractivity contribution in [1.82, 2.24) is 0 Å². The zero-order valence-electron chi connectivity index (χ0n) is 27.0. The zero-order chi connectivity index (χ0) is 31.9. The van der Waals surface area contributed by atoms with E-state index in [2.05, 4.69) is 20.8 Å². The first kappa shape index (κ1) is 32.1. The van der Waals surface area contributed by atoms with Crippen molar-refractivity contribution in [2.45, 2.75) is 90.1 Å². The lowest BCUT2D eigenvalue weighted by atomic mass is 9.49. The zero-order valence-corrected chi connectivity index (χ0v) is 27.0. The molecule has 3 heterocycles. The van der Waals surface area contributed by atoms with Gasteiger partial charge in [-0.05, 0) is 38.0 Å². The number of aliphatic hydroxyl groups excluding tert-OH is 1. The van der Waals surface area contributed by atoms with Gasteiger partial charge in [-0.3, -0.25) is 9.59 Å². The molecule has 236 valence electrons. The summed E-state index contributed by atoms with van der Waals surface area (Å²) in [6, 6.07) is 18.3. The Morgan fingerprint density at radius 1 is 1.05 bits per heavy atom. The second-order valence-corrected chi connectivity index (χ2v) is 12.9. The molecule has 2 aromatic carbocycles. The van der Waals surface area contributed by atoms with Crippen LogP contribution in [0, 0.1) is 17.3 Å². The molecular weight excluding hydrogens is 556 g/mol. The van der Waals surface area contributed by atoms with Crippen LogP contribution in [0.2, 0.25) is 0 Å². The van der Waals surface area contributed by atoms with Gasteiger partial charge in [0.15, 0.2) is 5.76 Å². The third-order valence-electron chi connectivity index (χ3n) is 10.6. The molecule has 44 heavy (non-hydrogen) atoms. The first-order valence-electron chi connectivity index (χ1n) is 15.9. The fourth-order valence-electron chi connectivity index (χ4n) is 8.24. The van der Waals surface area contributed by atoms with E-state index in [1.54, 1.807) is 19.2 Å². The lowest BCUT2D eigenvalue weighted by Gasteiger charge is -2.60. The van der Waals surface area contributed by atoms with E-state index in [1.165, 1.54) is 0 Å². The summed E-state index contributed by atoms with van der Waals surface area (Å²) in [4.78, 5) is 23.6. The van der Waals surface area contributed by atoms with Crippen LogP contribution in [0.15, 0.2) is 65.1 Å². The van der Waals surface area contributed by atoms with Gasteiger partial charge < -0.3 is 23.7 Å². The van der Waals surface area contributed by atoms with E-state index in [0.717, 1.165) is 42.2 Å². The normalized spacial score (nSPS) is 32.7. The van der Waals surface area contributed by atoms with Crippen LogP contribution in [-0.2, 0) is 15.9 Å². The standard InChI is InChI=1S/C28H34O6.C7H6O.C2H6/c1-15(2)18-13-20-28(34-20)26(3)12-11-17-21(19(26)14-32-27(28,4)24(18)30)23(33-25(17)31-5)22(29)16-9-7-6-8-10-16;8-6-7-4-2-1-3-5-7;1-2/h6-10,15,18-20,24,30H,11-14H2,1-5H3;1-6H;1-2H3. The van der Waals surface area contributed by atoms with Gasteiger partial charge in [-0.1, -0.05) is 95.3 Å². The van der Waals surface area contributed by atoms with Crippen LogP contribution >= 0.6 is 0 Å². The monoisotopic (exact) mass is 602 g/mol. The van der Waals surface area contributed by atoms with Gasteiger partial charge in [-0.2, -0.15) is 0 Å². The van der Waals surface area contributed by atoms with Crippen molar-refractivity contribution in [3.8, 4) is 5.95 Å². The number of carbonyl (C=O) groups is 2. The third kappa shape index (κ3) is 4.75. The average molecular weight is 603 g/mol. The number of ether oxygens (including phenoxy) is 3. The van der Waals surface area contributed by atoms with Crippen molar-refractivity contribution in [2.24, 2.45) is 17.3 Å². The molecule has 2 aliphatic heterocycles. The number of hydrogen-bond acceptors (Lipinski definition) is 7. The van der Waals surface area contributed by atoms with Crippen molar-refractivity contribution in [3.05, 3.63) is 88.7 Å². The summed E-state index contributed by atoms with van der Waals surface area (Å²) in [6.45, 7) is 13.0. The van der Waals surface area contributed by atoms with Crippen LogP contribution in [0.25, 0.3) is 0 Å². The van der Waals surface area contributed by atoms with E-state index in [0.29, 0.717) is 29.8 Å². The van der Waals surface area contributed by atoms with Gasteiger partial charge in [0.2, 0.25) is 5.78 Å². The van der Waals surface area contributed by atoms with Crippen LogP contribution in [0.4, 0.5) is 0 Å². The number of fused-ring (bicyclic) bond motifs is 3. The Kier molecular flexibility index (Phi) is 8.96. The summed E-state index contributed by atoms with van der Waals surface area (Å²) >= 11 is 0. The molecule has 1 spiro atoms. The maximum Gasteiger partial charge on any atom is 0.288 e. The van der Waals surface area contributed by atoms with Gasteiger partial charge in [-0.15, -0.1) is 0 Å². The molecule has 7 heteroatoms. The molecule has 0 amide bonds. The van der Waals surface area contributed by atoms with Crippen LogP contribution < -0.4 is 4.74 Å². The predicted molar refractivity (Wildman–Crippen MR) is 168 cm³/mol. The molecule has 2 aliphatic carbocycles. The van der Waals surface area contributed by atoms with Crippen molar-refractivity contribution in [1.29, 1.82) is 0 Å². The maximum absolute atomic E-state index is 13.6. The third-order valence-corrected chi connectivity index (χ3v) is 10.6. The second-order valence-electron chi connectivity index (χ2n) is 12.9. The van der Waals surface area contributed by atoms with E-state index >= 15 is 0 Å². The highest BCUT2D eigenvalue weighted by Crippen LogP contribution is 2.73. The van der Waals surface area contributed by atoms with Crippen LogP contribution in [0.3, 0.4) is 0 Å². The van der Waals surface area contributed by atoms with E-state index in [4.69, 9.17) is 18.6 Å².